The largest absolute Gasteiger partial charge is 0.704 e. The zero-order chi connectivity index (χ0) is 35.8. The topological polar surface area (TPSA) is 71.3 Å². The molecular formula is C41H55N7O2+2. The van der Waals surface area contributed by atoms with Crippen molar-refractivity contribution in [1.29, 1.82) is 0 Å². The van der Waals surface area contributed by atoms with Crippen LogP contribution in [0.1, 0.15) is 108 Å². The first-order valence-electron chi connectivity index (χ1n) is 18.2. The third-order valence-corrected chi connectivity index (χ3v) is 10.3. The Bertz CT molecular complexity index is 2040. The molecule has 5 heterocycles. The van der Waals surface area contributed by atoms with Gasteiger partial charge in [-0.1, -0.05) is 62.8 Å². The van der Waals surface area contributed by atoms with Gasteiger partial charge in [-0.05, 0) is 78.7 Å². The van der Waals surface area contributed by atoms with Gasteiger partial charge in [0.1, 0.15) is 11.8 Å². The Morgan fingerprint density at radius 2 is 1.54 bits per heavy atom. The van der Waals surface area contributed by atoms with Crippen molar-refractivity contribution in [2.24, 2.45) is 5.41 Å². The third-order valence-electron chi connectivity index (χ3n) is 10.3. The Morgan fingerprint density at radius 3 is 2.24 bits per heavy atom. The zero-order valence-corrected chi connectivity index (χ0v) is 32.0. The van der Waals surface area contributed by atoms with Crippen molar-refractivity contribution in [3.8, 4) is 11.5 Å². The van der Waals surface area contributed by atoms with Crippen LogP contribution in [0.4, 0.5) is 5.82 Å². The zero-order valence-electron chi connectivity index (χ0n) is 32.0. The van der Waals surface area contributed by atoms with E-state index in [9.17, 15) is 0 Å². The van der Waals surface area contributed by atoms with Gasteiger partial charge in [-0.15, -0.1) is 0 Å². The Morgan fingerprint density at radius 1 is 0.860 bits per heavy atom. The Balaban J connectivity index is 1.19. The van der Waals surface area contributed by atoms with E-state index in [-0.39, 0.29) is 11.0 Å². The van der Waals surface area contributed by atoms with Gasteiger partial charge in [-0.25, -0.2) is 15.0 Å². The standard InChI is InChI=1S/C41H55N7O2/c1-27-18-28(15-13-17-46-26-44-36-33(46)37(45(10)11)43-25-42-36)19-31-23-48-40(8,9)24-47-22-30-20-29(14-12-16-38(2,3)4)21-32(39(5,6)7)35(30)50-41(47,48)49-34(27)31/h18-23,25-26H,12-17,24H2,1-11H3/q+2. The van der Waals surface area contributed by atoms with Crippen LogP contribution in [0.5, 0.6) is 11.5 Å². The fraction of sp³-hybridized carbons (Fsp3) is 0.537. The monoisotopic (exact) mass is 677 g/mol. The Hall–Kier alpha value is -4.27. The molecule has 0 N–H and O–H groups in total. The molecule has 9 heteroatoms. The summed E-state index contributed by atoms with van der Waals surface area (Å²) in [5, 5.41) is 0. The van der Waals surface area contributed by atoms with E-state index in [0.717, 1.165) is 77.5 Å². The van der Waals surface area contributed by atoms with E-state index in [1.165, 1.54) is 29.5 Å². The molecule has 2 aromatic heterocycles. The number of aromatic nitrogens is 4. The summed E-state index contributed by atoms with van der Waals surface area (Å²) in [6, 6.07) is 8.20. The van der Waals surface area contributed by atoms with Crippen molar-refractivity contribution >= 4 is 29.4 Å². The highest BCUT2D eigenvalue weighted by atomic mass is 16.7. The lowest BCUT2D eigenvalue weighted by atomic mass is 9.82. The number of nitrogens with zero attached hydrogens (tertiary/aromatic N) is 7. The maximum absolute atomic E-state index is 7.21. The molecule has 1 spiro atoms. The molecular weight excluding hydrogens is 622 g/mol. The van der Waals surface area contributed by atoms with Gasteiger partial charge in [0.25, 0.3) is 0 Å². The van der Waals surface area contributed by atoms with Crippen molar-refractivity contribution in [2.45, 2.75) is 118 Å². The molecule has 0 amide bonds. The maximum Gasteiger partial charge on any atom is 0.704 e. The van der Waals surface area contributed by atoms with Gasteiger partial charge in [0.15, 0.2) is 35.4 Å². The van der Waals surface area contributed by atoms with E-state index in [4.69, 9.17) is 9.47 Å². The van der Waals surface area contributed by atoms with E-state index in [1.807, 2.05) is 25.3 Å². The highest BCUT2D eigenvalue weighted by Crippen LogP contribution is 2.46. The van der Waals surface area contributed by atoms with Crippen molar-refractivity contribution in [3.05, 3.63) is 70.3 Å². The van der Waals surface area contributed by atoms with Gasteiger partial charge in [0.05, 0.1) is 17.5 Å². The lowest BCUT2D eigenvalue weighted by Gasteiger charge is -2.32. The highest BCUT2D eigenvalue weighted by molar-refractivity contribution is 5.85. The van der Waals surface area contributed by atoms with E-state index in [0.29, 0.717) is 5.41 Å². The maximum atomic E-state index is 7.21. The Labute approximate surface area is 297 Å². The van der Waals surface area contributed by atoms with E-state index in [1.54, 1.807) is 6.33 Å². The molecule has 1 fully saturated rings. The SMILES string of the molecule is Cc1cc(CCCn2cnc3ncnc(N(C)C)c32)cc2c1OC13Oc4c(cc(CCCC(C)(C)C)cc4C(C)(C)C)C=[N+]1CC(C)(C)[N+]3=C2. The normalized spacial score (nSPS) is 19.1. The van der Waals surface area contributed by atoms with Gasteiger partial charge in [0.2, 0.25) is 12.1 Å². The Kier molecular flexibility index (Phi) is 8.15. The minimum Gasteiger partial charge on any atom is -0.361 e. The van der Waals surface area contributed by atoms with E-state index < -0.39 is 6.03 Å². The number of anilines is 1. The van der Waals surface area contributed by atoms with Crippen LogP contribution < -0.4 is 14.4 Å². The number of aryl methyl sites for hydroxylation is 4. The molecule has 1 unspecified atom stereocenters. The van der Waals surface area contributed by atoms with Crippen LogP contribution in [-0.2, 0) is 24.8 Å². The third kappa shape index (κ3) is 6.07. The molecule has 9 nitrogen and oxygen atoms in total. The lowest BCUT2D eigenvalue weighted by molar-refractivity contribution is -0.867. The predicted octanol–water partition coefficient (Wildman–Crippen LogP) is 7.25. The quantitative estimate of drug-likeness (QED) is 0.183. The molecule has 0 radical (unpaired) electrons. The summed E-state index contributed by atoms with van der Waals surface area (Å²) >= 11 is 0. The van der Waals surface area contributed by atoms with Crippen LogP contribution in [0.2, 0.25) is 0 Å². The fourth-order valence-electron chi connectivity index (χ4n) is 7.86. The smallest absolute Gasteiger partial charge is 0.361 e. The van der Waals surface area contributed by atoms with Gasteiger partial charge in [-0.2, -0.15) is 0 Å². The number of rotatable bonds is 8. The highest BCUT2D eigenvalue weighted by Gasteiger charge is 2.75. The first kappa shape index (κ1) is 34.2. The van der Waals surface area contributed by atoms with Crippen molar-refractivity contribution < 1.29 is 18.6 Å². The minimum atomic E-state index is -1.09. The summed E-state index contributed by atoms with van der Waals surface area (Å²) in [5.41, 5.74) is 8.95. The summed E-state index contributed by atoms with van der Waals surface area (Å²) in [5.74, 6) is 2.70. The van der Waals surface area contributed by atoms with Crippen molar-refractivity contribution in [3.63, 3.8) is 0 Å². The van der Waals surface area contributed by atoms with E-state index >= 15 is 0 Å². The number of fused-ring (bicyclic) bond motifs is 3. The van der Waals surface area contributed by atoms with Crippen LogP contribution in [0, 0.1) is 12.3 Å². The van der Waals surface area contributed by atoms with Crippen LogP contribution in [-0.4, -0.2) is 73.3 Å². The molecule has 3 aliphatic heterocycles. The second-order valence-electron chi connectivity index (χ2n) is 17.7. The van der Waals surface area contributed by atoms with Gasteiger partial charge in [0, 0.05) is 40.1 Å². The fourth-order valence-corrected chi connectivity index (χ4v) is 7.86. The molecule has 0 aliphatic carbocycles. The molecule has 4 aromatic rings. The molecule has 0 saturated carbocycles. The summed E-state index contributed by atoms with van der Waals surface area (Å²) in [6.07, 6.45) is 13.3. The van der Waals surface area contributed by atoms with Gasteiger partial charge >= 0.3 is 6.03 Å². The number of imidazole rings is 1. The second-order valence-corrected chi connectivity index (χ2v) is 17.7. The molecule has 1 atom stereocenters. The molecule has 7 rings (SSSR count). The van der Waals surface area contributed by atoms with E-state index in [2.05, 4.69) is 128 Å². The predicted molar refractivity (Wildman–Crippen MR) is 200 cm³/mol. The van der Waals surface area contributed by atoms with Gasteiger partial charge < -0.3 is 18.9 Å². The summed E-state index contributed by atoms with van der Waals surface area (Å²) in [4.78, 5) is 15.4. The van der Waals surface area contributed by atoms with Crippen molar-refractivity contribution in [2.75, 3.05) is 25.5 Å². The molecule has 50 heavy (non-hydrogen) atoms. The second kappa shape index (κ2) is 11.9. The summed E-state index contributed by atoms with van der Waals surface area (Å²) in [6.45, 7) is 22.1. The first-order valence-corrected chi connectivity index (χ1v) is 18.2. The summed E-state index contributed by atoms with van der Waals surface area (Å²) < 4.78 is 21.1. The van der Waals surface area contributed by atoms with Crippen LogP contribution in [0.25, 0.3) is 11.2 Å². The number of hydrogen-bond donors (Lipinski definition) is 0. The van der Waals surface area contributed by atoms with Crippen molar-refractivity contribution in [1.82, 2.24) is 19.5 Å². The van der Waals surface area contributed by atoms with Crippen LogP contribution in [0.15, 0.2) is 36.9 Å². The number of hydrogen-bond acceptors (Lipinski definition) is 6. The molecule has 0 bridgehead atoms. The average Bonchev–Trinajstić information content (AvgIpc) is 3.52. The first-order chi connectivity index (χ1) is 23.4. The van der Waals surface area contributed by atoms with Crippen LogP contribution in [0.3, 0.4) is 0 Å². The minimum absolute atomic E-state index is 0.0963. The summed E-state index contributed by atoms with van der Waals surface area (Å²) in [7, 11) is 4.01. The lowest BCUT2D eigenvalue weighted by Crippen LogP contribution is -2.61. The number of benzene rings is 2. The average molecular weight is 678 g/mol. The van der Waals surface area contributed by atoms with Gasteiger partial charge in [-0.3, -0.25) is 0 Å². The number of ether oxygens (including phenoxy) is 2. The molecule has 2 aromatic carbocycles. The van der Waals surface area contributed by atoms with Crippen LogP contribution >= 0.6 is 0 Å². The molecule has 3 aliphatic rings. The molecule has 1 saturated heterocycles. The molecule has 264 valence electrons.